The van der Waals surface area contributed by atoms with Crippen LogP contribution in [0.5, 0.6) is 5.75 Å². The third kappa shape index (κ3) is 4.53. The summed E-state index contributed by atoms with van der Waals surface area (Å²) in [6.45, 7) is 0.103. The number of hydrogen-bond donors (Lipinski definition) is 3. The highest BCUT2D eigenvalue weighted by molar-refractivity contribution is 5.79. The van der Waals surface area contributed by atoms with Crippen LogP contribution in [0.25, 0.3) is 11.1 Å². The lowest BCUT2D eigenvalue weighted by molar-refractivity contribution is -0.141. The van der Waals surface area contributed by atoms with Crippen LogP contribution in [-0.2, 0) is 16.0 Å². The first kappa shape index (κ1) is 20.5. The Balaban J connectivity index is 1.36. The summed E-state index contributed by atoms with van der Waals surface area (Å²) in [6, 6.07) is 22.6. The number of rotatable bonds is 7. The van der Waals surface area contributed by atoms with E-state index >= 15 is 0 Å². The SMILES string of the molecule is O=C(NC[C@@H](Cc1cccc(O)c1)C(=O)O)OCC1c2ccccc2-c2ccccc21. The molecule has 1 atom stereocenters. The van der Waals surface area contributed by atoms with Crippen molar-refractivity contribution in [2.24, 2.45) is 5.92 Å². The zero-order valence-corrected chi connectivity index (χ0v) is 16.8. The van der Waals surface area contributed by atoms with E-state index in [0.29, 0.717) is 5.56 Å². The second kappa shape index (κ2) is 8.92. The molecule has 0 aliphatic heterocycles. The van der Waals surface area contributed by atoms with Crippen molar-refractivity contribution < 1.29 is 24.5 Å². The highest BCUT2D eigenvalue weighted by Crippen LogP contribution is 2.44. The number of ether oxygens (including phenoxy) is 1. The summed E-state index contributed by atoms with van der Waals surface area (Å²) in [7, 11) is 0. The summed E-state index contributed by atoms with van der Waals surface area (Å²) in [6.07, 6.45) is -0.461. The maximum absolute atomic E-state index is 12.3. The fourth-order valence-electron chi connectivity index (χ4n) is 4.07. The minimum Gasteiger partial charge on any atom is -0.508 e. The molecule has 0 saturated heterocycles. The fraction of sp³-hybridized carbons (Fsp3) is 0.200. The van der Waals surface area contributed by atoms with E-state index in [0.717, 1.165) is 22.3 Å². The van der Waals surface area contributed by atoms with Gasteiger partial charge in [0.25, 0.3) is 0 Å². The van der Waals surface area contributed by atoms with Gasteiger partial charge >= 0.3 is 12.1 Å². The molecule has 6 heteroatoms. The van der Waals surface area contributed by atoms with Crippen molar-refractivity contribution in [3.05, 3.63) is 89.5 Å². The summed E-state index contributed by atoms with van der Waals surface area (Å²) in [5, 5.41) is 21.6. The lowest BCUT2D eigenvalue weighted by Gasteiger charge is -2.16. The highest BCUT2D eigenvalue weighted by Gasteiger charge is 2.29. The Morgan fingerprint density at radius 3 is 2.19 bits per heavy atom. The zero-order valence-electron chi connectivity index (χ0n) is 16.8. The smallest absolute Gasteiger partial charge is 0.407 e. The molecular formula is C25H23NO5. The Hall–Kier alpha value is -3.80. The van der Waals surface area contributed by atoms with Crippen molar-refractivity contribution in [1.82, 2.24) is 5.32 Å². The number of nitrogens with one attached hydrogen (secondary N) is 1. The van der Waals surface area contributed by atoms with Crippen LogP contribution in [0.3, 0.4) is 0 Å². The van der Waals surface area contributed by atoms with E-state index in [1.165, 1.54) is 12.1 Å². The summed E-state index contributed by atoms with van der Waals surface area (Å²) in [4.78, 5) is 23.9. The van der Waals surface area contributed by atoms with Gasteiger partial charge in [-0.15, -0.1) is 0 Å². The number of carbonyl (C=O) groups is 2. The van der Waals surface area contributed by atoms with Gasteiger partial charge in [-0.05, 0) is 46.4 Å². The van der Waals surface area contributed by atoms with E-state index in [4.69, 9.17) is 4.74 Å². The molecule has 31 heavy (non-hydrogen) atoms. The van der Waals surface area contributed by atoms with E-state index in [1.807, 2.05) is 36.4 Å². The first-order valence-electron chi connectivity index (χ1n) is 10.1. The van der Waals surface area contributed by atoms with Crippen LogP contribution < -0.4 is 5.32 Å². The Kier molecular flexibility index (Phi) is 5.89. The number of fused-ring (bicyclic) bond motifs is 3. The number of aromatic hydroxyl groups is 1. The van der Waals surface area contributed by atoms with E-state index in [-0.39, 0.29) is 31.2 Å². The molecule has 1 aliphatic carbocycles. The molecule has 1 amide bonds. The van der Waals surface area contributed by atoms with Crippen LogP contribution in [0.2, 0.25) is 0 Å². The van der Waals surface area contributed by atoms with Crippen molar-refractivity contribution in [2.45, 2.75) is 12.3 Å². The molecule has 158 valence electrons. The van der Waals surface area contributed by atoms with E-state index in [9.17, 15) is 19.8 Å². The van der Waals surface area contributed by atoms with Crippen LogP contribution in [-0.4, -0.2) is 35.4 Å². The lowest BCUT2D eigenvalue weighted by Crippen LogP contribution is -2.35. The lowest BCUT2D eigenvalue weighted by atomic mass is 9.98. The predicted octanol–water partition coefficient (Wildman–Crippen LogP) is 4.17. The molecule has 6 nitrogen and oxygen atoms in total. The number of amides is 1. The fourth-order valence-corrected chi connectivity index (χ4v) is 4.07. The van der Waals surface area contributed by atoms with Gasteiger partial charge in [0.15, 0.2) is 0 Å². The number of phenols is 1. The van der Waals surface area contributed by atoms with Crippen LogP contribution in [0.1, 0.15) is 22.6 Å². The molecule has 4 rings (SSSR count). The standard InChI is InChI=1S/C25H23NO5/c27-18-7-5-6-16(13-18)12-17(24(28)29)14-26-25(30)31-15-23-21-10-3-1-8-19(21)20-9-2-4-11-22(20)23/h1-11,13,17,23,27H,12,14-15H2,(H,26,30)(H,28,29)/t17-/m1/s1. The number of phenolic OH excluding ortho intramolecular Hbond substituents is 1. The number of aliphatic carboxylic acids is 1. The van der Waals surface area contributed by atoms with Gasteiger partial charge in [0.05, 0.1) is 5.92 Å². The maximum atomic E-state index is 12.3. The molecule has 3 aromatic rings. The third-order valence-electron chi connectivity index (χ3n) is 5.58. The van der Waals surface area contributed by atoms with Gasteiger partial charge in [0, 0.05) is 12.5 Å². The Labute approximate surface area is 180 Å². The summed E-state index contributed by atoms with van der Waals surface area (Å²) < 4.78 is 5.46. The number of hydrogen-bond acceptors (Lipinski definition) is 4. The van der Waals surface area contributed by atoms with Gasteiger partial charge in [-0.2, -0.15) is 0 Å². The number of alkyl carbamates (subject to hydrolysis) is 1. The number of carboxylic acid groups (broad SMARTS) is 1. The minimum absolute atomic E-state index is 0.0549. The van der Waals surface area contributed by atoms with Gasteiger partial charge in [-0.25, -0.2) is 4.79 Å². The normalized spacial score (nSPS) is 13.2. The van der Waals surface area contributed by atoms with E-state index in [1.54, 1.807) is 12.1 Å². The van der Waals surface area contributed by atoms with Gasteiger partial charge in [0.1, 0.15) is 12.4 Å². The molecule has 0 fully saturated rings. The Morgan fingerprint density at radius 1 is 0.935 bits per heavy atom. The minimum atomic E-state index is -1.03. The quantitative estimate of drug-likeness (QED) is 0.536. The first-order chi connectivity index (χ1) is 15.0. The van der Waals surface area contributed by atoms with Crippen LogP contribution in [0.4, 0.5) is 4.79 Å². The predicted molar refractivity (Wildman–Crippen MR) is 116 cm³/mol. The summed E-state index contributed by atoms with van der Waals surface area (Å²) in [5.41, 5.74) is 5.20. The van der Waals surface area contributed by atoms with Crippen LogP contribution in [0.15, 0.2) is 72.8 Å². The molecule has 0 radical (unpaired) electrons. The molecule has 0 heterocycles. The molecule has 0 bridgehead atoms. The Morgan fingerprint density at radius 2 is 1.58 bits per heavy atom. The van der Waals surface area contributed by atoms with Crippen molar-refractivity contribution >= 4 is 12.1 Å². The van der Waals surface area contributed by atoms with Gasteiger partial charge in [-0.1, -0.05) is 60.7 Å². The first-order valence-corrected chi connectivity index (χ1v) is 10.1. The molecule has 3 N–H and O–H groups in total. The number of carboxylic acids is 1. The van der Waals surface area contributed by atoms with Crippen molar-refractivity contribution in [1.29, 1.82) is 0 Å². The number of benzene rings is 3. The third-order valence-corrected chi connectivity index (χ3v) is 5.58. The monoisotopic (exact) mass is 417 g/mol. The van der Waals surface area contributed by atoms with Crippen molar-refractivity contribution in [2.75, 3.05) is 13.2 Å². The molecule has 3 aromatic carbocycles. The molecule has 1 aliphatic rings. The highest BCUT2D eigenvalue weighted by atomic mass is 16.5. The maximum Gasteiger partial charge on any atom is 0.407 e. The molecule has 0 spiro atoms. The van der Waals surface area contributed by atoms with Crippen molar-refractivity contribution in [3.8, 4) is 16.9 Å². The zero-order chi connectivity index (χ0) is 21.8. The average molecular weight is 417 g/mol. The average Bonchev–Trinajstić information content (AvgIpc) is 3.09. The van der Waals surface area contributed by atoms with Crippen molar-refractivity contribution in [3.63, 3.8) is 0 Å². The van der Waals surface area contributed by atoms with Gasteiger partial charge < -0.3 is 20.3 Å². The molecule has 0 unspecified atom stereocenters. The van der Waals surface area contributed by atoms with Crippen LogP contribution in [0, 0.1) is 5.92 Å². The largest absolute Gasteiger partial charge is 0.508 e. The second-order valence-electron chi connectivity index (χ2n) is 7.62. The number of carbonyl (C=O) groups excluding carboxylic acids is 1. The topological polar surface area (TPSA) is 95.9 Å². The molecule has 0 aromatic heterocycles. The van der Waals surface area contributed by atoms with E-state index in [2.05, 4.69) is 17.4 Å². The van der Waals surface area contributed by atoms with Gasteiger partial charge in [0.2, 0.25) is 0 Å². The Bertz CT molecular complexity index is 1060. The van der Waals surface area contributed by atoms with E-state index < -0.39 is 18.0 Å². The molecular weight excluding hydrogens is 394 g/mol. The van der Waals surface area contributed by atoms with Gasteiger partial charge in [-0.3, -0.25) is 4.79 Å². The second-order valence-corrected chi connectivity index (χ2v) is 7.62. The molecule has 0 saturated carbocycles. The summed E-state index contributed by atoms with van der Waals surface area (Å²) >= 11 is 0. The van der Waals surface area contributed by atoms with Crippen LogP contribution >= 0.6 is 0 Å². The summed E-state index contributed by atoms with van der Waals surface area (Å²) in [5.74, 6) is -1.84.